The molecule has 0 unspecified atom stereocenters. The van der Waals surface area contributed by atoms with Crippen LogP contribution < -0.4 is 0 Å². The molecule has 4 heavy (non-hydrogen) atoms. The van der Waals surface area contributed by atoms with Gasteiger partial charge in [0.1, 0.15) is 0 Å². The molecule has 0 N–H and O–H groups in total. The molecule has 24 valence electrons. The third-order valence-corrected chi connectivity index (χ3v) is 0. The van der Waals surface area contributed by atoms with Crippen molar-refractivity contribution in [3.8, 4) is 0 Å². The highest BCUT2D eigenvalue weighted by molar-refractivity contribution is 5.85. The van der Waals surface area contributed by atoms with Crippen molar-refractivity contribution in [2.45, 2.75) is 0 Å². The lowest BCUT2D eigenvalue weighted by molar-refractivity contribution is 5.75. The van der Waals surface area contributed by atoms with Crippen LogP contribution in [0.25, 0.3) is 0 Å². The number of hydrogen-bond acceptors (Lipinski definition) is 0. The standard InChI is InChI=1S/2ClH.2Mg.4H/h2*1H;;;;;;. The van der Waals surface area contributed by atoms with E-state index in [1.807, 2.05) is 0 Å². The molecule has 4 heteroatoms. The number of rotatable bonds is 0. The second-order valence-electron chi connectivity index (χ2n) is 0. The van der Waals surface area contributed by atoms with Gasteiger partial charge in [-0.25, -0.2) is 0 Å². The third-order valence-electron chi connectivity index (χ3n) is 0. The fourth-order valence-electron chi connectivity index (χ4n) is 0. The van der Waals surface area contributed by atoms with E-state index < -0.39 is 0 Å². The maximum absolute atomic E-state index is 0. The summed E-state index contributed by atoms with van der Waals surface area (Å²) in [5.74, 6) is 0. The van der Waals surface area contributed by atoms with Crippen molar-refractivity contribution in [3.05, 3.63) is 0 Å². The van der Waals surface area contributed by atoms with Gasteiger partial charge in [0, 0.05) is 0 Å². The molecule has 0 aromatic heterocycles. The molecule has 0 nitrogen and oxygen atoms in total. The second-order valence-corrected chi connectivity index (χ2v) is 0. The summed E-state index contributed by atoms with van der Waals surface area (Å²) in [6.07, 6.45) is 0. The smallest absolute Gasteiger partial charge is 0.147 e. The van der Waals surface area contributed by atoms with Gasteiger partial charge in [0.2, 0.25) is 0 Å². The molecule has 0 aromatic carbocycles. The van der Waals surface area contributed by atoms with Gasteiger partial charge in [-0.2, -0.15) is 0 Å². The second kappa shape index (κ2) is 19.4. The van der Waals surface area contributed by atoms with Crippen LogP contribution in [0.2, 0.25) is 0 Å². The summed E-state index contributed by atoms with van der Waals surface area (Å²) in [4.78, 5) is 0. The first-order valence-corrected chi connectivity index (χ1v) is 0. The zero-order valence-corrected chi connectivity index (χ0v) is 2.45. The van der Waals surface area contributed by atoms with Gasteiger partial charge in [-0.1, -0.05) is 0 Å². The molecule has 0 aliphatic heterocycles. The molecule has 0 spiro atoms. The fourth-order valence-corrected chi connectivity index (χ4v) is 0. The molecule has 0 fully saturated rings. The van der Waals surface area contributed by atoms with Gasteiger partial charge in [-0.05, 0) is 0 Å². The highest BCUT2D eigenvalue weighted by atomic mass is 35.5. The molecule has 0 bridgehead atoms. The van der Waals surface area contributed by atoms with Crippen molar-refractivity contribution >= 4 is 70.9 Å². The van der Waals surface area contributed by atoms with Crippen LogP contribution >= 0.6 is 24.8 Å². The van der Waals surface area contributed by atoms with Crippen molar-refractivity contribution in [2.24, 2.45) is 0 Å². The van der Waals surface area contributed by atoms with Crippen LogP contribution in [-0.2, 0) is 0 Å². The van der Waals surface area contributed by atoms with Gasteiger partial charge in [-0.3, -0.25) is 0 Å². The predicted octanol–water partition coefficient (Wildman–Crippen LogP) is -0.989. The molecule has 0 rings (SSSR count). The summed E-state index contributed by atoms with van der Waals surface area (Å²) in [6.45, 7) is 0. The van der Waals surface area contributed by atoms with Crippen LogP contribution in [-0.4, -0.2) is 46.1 Å². The first kappa shape index (κ1) is 35.8. The van der Waals surface area contributed by atoms with Crippen LogP contribution in [0.3, 0.4) is 0 Å². The molecule has 0 saturated carbocycles. The van der Waals surface area contributed by atoms with E-state index in [2.05, 4.69) is 0 Å². The maximum atomic E-state index is 0. The van der Waals surface area contributed by atoms with Crippen molar-refractivity contribution in [1.82, 2.24) is 0 Å². The minimum atomic E-state index is 0. The molecule has 0 saturated heterocycles. The summed E-state index contributed by atoms with van der Waals surface area (Å²) in [7, 11) is 0. The zero-order valence-electron chi connectivity index (χ0n) is 0.816. The Hall–Kier alpha value is 2.11. The normalized spacial score (nSPS) is 0. The Morgan fingerprint density at radius 2 is 0.500 bits per heavy atom. The predicted molar refractivity (Wildman–Crippen MR) is 31.6 cm³/mol. The van der Waals surface area contributed by atoms with Crippen molar-refractivity contribution in [3.63, 3.8) is 0 Å². The van der Waals surface area contributed by atoms with E-state index >= 15 is 0 Å². The average Bonchev–Trinajstić information content (AvgIpc) is 0. The third kappa shape index (κ3) is 8.93. The lowest BCUT2D eigenvalue weighted by atomic mass is 24.3. The monoisotopic (exact) mass is 124 g/mol. The SMILES string of the molecule is Cl.Cl.[MgH2].[MgH2]. The van der Waals surface area contributed by atoms with E-state index in [4.69, 9.17) is 0 Å². The first-order chi connectivity index (χ1) is 0. The molecule has 0 heterocycles. The first-order valence-electron chi connectivity index (χ1n) is 0. The minimum absolute atomic E-state index is 0. The van der Waals surface area contributed by atoms with Crippen molar-refractivity contribution in [2.75, 3.05) is 0 Å². The minimum Gasteiger partial charge on any atom is -0.147 e. The molecule has 0 aliphatic carbocycles. The van der Waals surface area contributed by atoms with Gasteiger partial charge >= 0.3 is 46.1 Å². The molecule has 0 aliphatic rings. The van der Waals surface area contributed by atoms with Gasteiger partial charge in [0.05, 0.1) is 0 Å². The Bertz CT molecular complexity index is 4.00. The largest absolute Gasteiger partial charge is 0.316 e. The van der Waals surface area contributed by atoms with Gasteiger partial charge < -0.3 is 0 Å². The lowest BCUT2D eigenvalue weighted by Gasteiger charge is -0.148. The quantitative estimate of drug-likeness (QED) is 0.365. The maximum Gasteiger partial charge on any atom is 0.316 e. The highest BCUT2D eigenvalue weighted by Gasteiger charge is 0.317. The Morgan fingerprint density at radius 3 is 0.500 bits per heavy atom. The topological polar surface area (TPSA) is 0 Å². The van der Waals surface area contributed by atoms with Crippen LogP contribution in [0.5, 0.6) is 0 Å². The van der Waals surface area contributed by atoms with E-state index in [1.165, 1.54) is 0 Å². The highest BCUT2D eigenvalue weighted by Crippen LogP contribution is 0.691. The Balaban J connectivity index is 0. The summed E-state index contributed by atoms with van der Waals surface area (Å²) >= 11 is 0. The lowest BCUT2D eigenvalue weighted by Crippen LogP contribution is -0.382. The van der Waals surface area contributed by atoms with Crippen LogP contribution in [0, 0.1) is 0 Å². The fraction of sp³-hybridized carbons (Fsp3) is 0. The molecular formula is H6Cl2Mg2. The number of halogens is 2. The summed E-state index contributed by atoms with van der Waals surface area (Å²) in [5.41, 5.74) is 0. The number of hydrogen-bond donors (Lipinski definition) is 0. The van der Waals surface area contributed by atoms with Crippen LogP contribution in [0.1, 0.15) is 0 Å². The van der Waals surface area contributed by atoms with Crippen molar-refractivity contribution in [1.29, 1.82) is 0 Å². The van der Waals surface area contributed by atoms with E-state index in [-0.39, 0.29) is 70.9 Å². The molecule has 0 atom stereocenters. The Labute approximate surface area is 70.2 Å². The van der Waals surface area contributed by atoms with E-state index in [9.17, 15) is 0 Å². The molecule has 0 radical (unpaired) electrons. The average molecular weight is 126 g/mol. The zero-order chi connectivity index (χ0) is 0. The molecular weight excluding hydrogens is 120 g/mol. The Kier molecular flexibility index (Phi) is 173. The van der Waals surface area contributed by atoms with Gasteiger partial charge in [-0.15, -0.1) is 24.8 Å². The van der Waals surface area contributed by atoms with E-state index in [1.54, 1.807) is 0 Å². The van der Waals surface area contributed by atoms with E-state index in [0.29, 0.717) is 0 Å². The Morgan fingerprint density at radius 1 is 0.500 bits per heavy atom. The molecule has 0 aromatic rings. The summed E-state index contributed by atoms with van der Waals surface area (Å²) < 4.78 is 0. The van der Waals surface area contributed by atoms with Crippen molar-refractivity contribution < 1.29 is 0 Å². The molecule has 0 amide bonds. The van der Waals surface area contributed by atoms with Crippen LogP contribution in [0.15, 0.2) is 0 Å². The van der Waals surface area contributed by atoms with Gasteiger partial charge in [0.15, 0.2) is 0 Å². The summed E-state index contributed by atoms with van der Waals surface area (Å²) in [6, 6.07) is 0. The van der Waals surface area contributed by atoms with Crippen LogP contribution in [0.4, 0.5) is 0 Å². The van der Waals surface area contributed by atoms with Gasteiger partial charge in [0.25, 0.3) is 0 Å². The van der Waals surface area contributed by atoms with E-state index in [0.717, 1.165) is 0 Å². The summed E-state index contributed by atoms with van der Waals surface area (Å²) in [5, 5.41) is 0.